The number of alkyl halides is 2. The predicted octanol–water partition coefficient (Wildman–Crippen LogP) is 3.92. The number of amides is 1. The molecule has 1 amide bonds. The van der Waals surface area contributed by atoms with E-state index in [0.717, 1.165) is 24.8 Å². The number of nitrogens with one attached hydrogen (secondary N) is 1. The molecule has 0 unspecified atom stereocenters. The van der Waals surface area contributed by atoms with Crippen LogP contribution in [0.5, 0.6) is 5.75 Å². The Morgan fingerprint density at radius 3 is 2.46 bits per heavy atom. The Bertz CT molecular complexity index is 516. The second-order valence-electron chi connectivity index (χ2n) is 6.16. The molecule has 134 valence electrons. The van der Waals surface area contributed by atoms with E-state index in [4.69, 9.17) is 4.74 Å². The van der Waals surface area contributed by atoms with Crippen molar-refractivity contribution in [1.82, 2.24) is 5.32 Å². The standard InChI is InChI=1S/C18H25F2NO3/c1-3-16(14-4-6-15(7-5-14)24-18(19)20)21-17(22)12(2)13-8-10-23-11-9-13/h4-7,12-13,16,18H,3,8-11H2,1-2H3,(H,21,22)/t12-,16+/m1/s1. The van der Waals surface area contributed by atoms with Crippen molar-refractivity contribution in [3.05, 3.63) is 29.8 Å². The van der Waals surface area contributed by atoms with E-state index in [1.165, 1.54) is 12.1 Å². The summed E-state index contributed by atoms with van der Waals surface area (Å²) in [7, 11) is 0. The number of halogens is 2. The van der Waals surface area contributed by atoms with Crippen molar-refractivity contribution in [2.75, 3.05) is 13.2 Å². The maximum atomic E-state index is 12.5. The highest BCUT2D eigenvalue weighted by Gasteiger charge is 2.27. The van der Waals surface area contributed by atoms with E-state index in [2.05, 4.69) is 10.1 Å². The van der Waals surface area contributed by atoms with Gasteiger partial charge in [0, 0.05) is 19.1 Å². The predicted molar refractivity (Wildman–Crippen MR) is 87.0 cm³/mol. The molecule has 6 heteroatoms. The lowest BCUT2D eigenvalue weighted by molar-refractivity contribution is -0.128. The van der Waals surface area contributed by atoms with Crippen LogP contribution in [0, 0.1) is 11.8 Å². The van der Waals surface area contributed by atoms with Gasteiger partial charge in [-0.15, -0.1) is 0 Å². The molecule has 1 saturated heterocycles. The Kier molecular flexibility index (Phi) is 6.97. The van der Waals surface area contributed by atoms with Crippen LogP contribution in [0.15, 0.2) is 24.3 Å². The Hall–Kier alpha value is -1.69. The molecule has 1 aromatic rings. The minimum Gasteiger partial charge on any atom is -0.435 e. The fraction of sp³-hybridized carbons (Fsp3) is 0.611. The zero-order valence-electron chi connectivity index (χ0n) is 14.1. The van der Waals surface area contributed by atoms with E-state index in [-0.39, 0.29) is 23.6 Å². The molecule has 0 radical (unpaired) electrons. The third-order valence-electron chi connectivity index (χ3n) is 4.62. The lowest BCUT2D eigenvalue weighted by Crippen LogP contribution is -2.37. The van der Waals surface area contributed by atoms with Crippen molar-refractivity contribution in [3.8, 4) is 5.75 Å². The van der Waals surface area contributed by atoms with Crippen LogP contribution in [0.2, 0.25) is 0 Å². The Morgan fingerprint density at radius 1 is 1.29 bits per heavy atom. The largest absolute Gasteiger partial charge is 0.435 e. The van der Waals surface area contributed by atoms with Crippen LogP contribution in [0.3, 0.4) is 0 Å². The van der Waals surface area contributed by atoms with Gasteiger partial charge in [-0.25, -0.2) is 0 Å². The Labute approximate surface area is 141 Å². The minimum atomic E-state index is -2.84. The third-order valence-corrected chi connectivity index (χ3v) is 4.62. The van der Waals surface area contributed by atoms with Crippen LogP contribution in [-0.4, -0.2) is 25.7 Å². The maximum absolute atomic E-state index is 12.5. The number of carbonyl (C=O) groups is 1. The summed E-state index contributed by atoms with van der Waals surface area (Å²) < 4.78 is 34.1. The normalized spacial score (nSPS) is 18.2. The van der Waals surface area contributed by atoms with Gasteiger partial charge in [-0.1, -0.05) is 26.0 Å². The van der Waals surface area contributed by atoms with E-state index in [0.29, 0.717) is 19.1 Å². The summed E-state index contributed by atoms with van der Waals surface area (Å²) in [6.07, 6.45) is 2.54. The van der Waals surface area contributed by atoms with Crippen molar-refractivity contribution < 1.29 is 23.0 Å². The molecule has 1 aliphatic heterocycles. The quantitative estimate of drug-likeness (QED) is 0.818. The van der Waals surface area contributed by atoms with Gasteiger partial charge in [-0.05, 0) is 42.9 Å². The first-order valence-corrected chi connectivity index (χ1v) is 8.44. The highest BCUT2D eigenvalue weighted by Crippen LogP contribution is 2.26. The van der Waals surface area contributed by atoms with Gasteiger partial charge in [0.1, 0.15) is 5.75 Å². The Balaban J connectivity index is 1.96. The zero-order chi connectivity index (χ0) is 17.5. The molecule has 2 atom stereocenters. The topological polar surface area (TPSA) is 47.6 Å². The molecule has 0 aromatic heterocycles. The first kappa shape index (κ1) is 18.6. The summed E-state index contributed by atoms with van der Waals surface area (Å²) in [6.45, 7) is 2.53. The van der Waals surface area contributed by atoms with Gasteiger partial charge in [0.05, 0.1) is 6.04 Å². The maximum Gasteiger partial charge on any atom is 0.387 e. The minimum absolute atomic E-state index is 0.0293. The number of ether oxygens (including phenoxy) is 2. The molecule has 0 bridgehead atoms. The van der Waals surface area contributed by atoms with Gasteiger partial charge in [0.2, 0.25) is 5.91 Å². The molecule has 0 saturated carbocycles. The number of benzene rings is 1. The molecule has 0 spiro atoms. The van der Waals surface area contributed by atoms with Gasteiger partial charge in [0.25, 0.3) is 0 Å². The van der Waals surface area contributed by atoms with E-state index >= 15 is 0 Å². The van der Waals surface area contributed by atoms with Crippen LogP contribution in [-0.2, 0) is 9.53 Å². The monoisotopic (exact) mass is 341 g/mol. The smallest absolute Gasteiger partial charge is 0.387 e. The van der Waals surface area contributed by atoms with E-state index in [1.807, 2.05) is 13.8 Å². The molecule has 24 heavy (non-hydrogen) atoms. The molecule has 2 rings (SSSR count). The molecule has 1 aliphatic rings. The zero-order valence-corrected chi connectivity index (χ0v) is 14.1. The van der Waals surface area contributed by atoms with Crippen LogP contribution in [0.25, 0.3) is 0 Å². The Morgan fingerprint density at radius 2 is 1.92 bits per heavy atom. The lowest BCUT2D eigenvalue weighted by atomic mass is 9.86. The average Bonchev–Trinajstić information content (AvgIpc) is 2.60. The molecule has 1 fully saturated rings. The molecule has 1 N–H and O–H groups in total. The number of hydrogen-bond acceptors (Lipinski definition) is 3. The summed E-state index contributed by atoms with van der Waals surface area (Å²) in [5.74, 6) is 0.426. The second kappa shape index (κ2) is 8.97. The summed E-state index contributed by atoms with van der Waals surface area (Å²) in [4.78, 5) is 12.5. The van der Waals surface area contributed by atoms with Crippen LogP contribution in [0.1, 0.15) is 44.7 Å². The fourth-order valence-electron chi connectivity index (χ4n) is 3.04. The van der Waals surface area contributed by atoms with Crippen molar-refractivity contribution in [2.45, 2.75) is 45.8 Å². The summed E-state index contributed by atoms with van der Waals surface area (Å²) >= 11 is 0. The molecule has 0 aliphatic carbocycles. The van der Waals surface area contributed by atoms with E-state index in [1.54, 1.807) is 12.1 Å². The van der Waals surface area contributed by atoms with Gasteiger partial charge in [-0.2, -0.15) is 8.78 Å². The molecular weight excluding hydrogens is 316 g/mol. The molecule has 1 aromatic carbocycles. The number of hydrogen-bond donors (Lipinski definition) is 1. The lowest BCUT2D eigenvalue weighted by Gasteiger charge is -2.28. The molecule has 4 nitrogen and oxygen atoms in total. The van der Waals surface area contributed by atoms with Gasteiger partial charge >= 0.3 is 6.61 Å². The van der Waals surface area contributed by atoms with Crippen LogP contribution >= 0.6 is 0 Å². The van der Waals surface area contributed by atoms with Crippen LogP contribution < -0.4 is 10.1 Å². The highest BCUT2D eigenvalue weighted by molar-refractivity contribution is 5.79. The van der Waals surface area contributed by atoms with Crippen molar-refractivity contribution in [3.63, 3.8) is 0 Å². The van der Waals surface area contributed by atoms with Gasteiger partial charge in [0.15, 0.2) is 0 Å². The van der Waals surface area contributed by atoms with Gasteiger partial charge in [-0.3, -0.25) is 4.79 Å². The van der Waals surface area contributed by atoms with Crippen molar-refractivity contribution >= 4 is 5.91 Å². The molecule has 1 heterocycles. The number of carbonyl (C=O) groups excluding carboxylic acids is 1. The summed E-state index contributed by atoms with van der Waals surface area (Å²) in [5.41, 5.74) is 0.881. The SMILES string of the molecule is CC[C@H](NC(=O)[C@H](C)C1CCOCC1)c1ccc(OC(F)F)cc1. The van der Waals surface area contributed by atoms with Crippen molar-refractivity contribution in [1.29, 1.82) is 0 Å². The average molecular weight is 341 g/mol. The van der Waals surface area contributed by atoms with E-state index < -0.39 is 6.61 Å². The summed E-state index contributed by atoms with van der Waals surface area (Å²) in [5, 5.41) is 3.07. The van der Waals surface area contributed by atoms with Gasteiger partial charge < -0.3 is 14.8 Å². The first-order valence-electron chi connectivity index (χ1n) is 8.44. The molecular formula is C18H25F2NO3. The highest BCUT2D eigenvalue weighted by atomic mass is 19.3. The summed E-state index contributed by atoms with van der Waals surface area (Å²) in [6, 6.07) is 6.29. The van der Waals surface area contributed by atoms with Crippen molar-refractivity contribution in [2.24, 2.45) is 11.8 Å². The fourth-order valence-corrected chi connectivity index (χ4v) is 3.04. The second-order valence-corrected chi connectivity index (χ2v) is 6.16. The first-order chi connectivity index (χ1) is 11.5. The van der Waals surface area contributed by atoms with E-state index in [9.17, 15) is 13.6 Å². The number of rotatable bonds is 7. The third kappa shape index (κ3) is 5.16. The van der Waals surface area contributed by atoms with Crippen LogP contribution in [0.4, 0.5) is 8.78 Å².